The highest BCUT2D eigenvalue weighted by atomic mass is 16.6. The van der Waals surface area contributed by atoms with Gasteiger partial charge in [0.2, 0.25) is 0 Å². The van der Waals surface area contributed by atoms with Crippen LogP contribution < -0.4 is 0 Å². The van der Waals surface area contributed by atoms with Crippen molar-refractivity contribution in [2.24, 2.45) is 16.7 Å². The predicted molar refractivity (Wildman–Crippen MR) is 141 cm³/mol. The van der Waals surface area contributed by atoms with Crippen molar-refractivity contribution in [2.75, 3.05) is 6.61 Å². The first kappa shape index (κ1) is 29.9. The minimum Gasteiger partial charge on any atom is -0.469 e. The average molecular weight is 577 g/mol. The number of ether oxygens (including phenoxy) is 3. The van der Waals surface area contributed by atoms with E-state index in [0.717, 1.165) is 0 Å². The fourth-order valence-electron chi connectivity index (χ4n) is 7.74. The third-order valence-corrected chi connectivity index (χ3v) is 10.6. The summed E-state index contributed by atoms with van der Waals surface area (Å²) < 4.78 is 22.5. The minimum absolute atomic E-state index is 0.00780. The van der Waals surface area contributed by atoms with Crippen LogP contribution in [-0.2, 0) is 28.6 Å². The van der Waals surface area contributed by atoms with Gasteiger partial charge in [-0.2, -0.15) is 0 Å². The zero-order chi connectivity index (χ0) is 30.3. The quantitative estimate of drug-likeness (QED) is 0.296. The summed E-state index contributed by atoms with van der Waals surface area (Å²) in [7, 11) is 0. The van der Waals surface area contributed by atoms with Gasteiger partial charge < -0.3 is 39.1 Å². The molecule has 0 amide bonds. The molecule has 5 rings (SSSR count). The van der Waals surface area contributed by atoms with Crippen molar-refractivity contribution < 1.29 is 53.4 Å². The molecule has 3 aliphatic carbocycles. The molecule has 11 nitrogen and oxygen atoms in total. The molecule has 226 valence electrons. The molecule has 0 spiro atoms. The summed E-state index contributed by atoms with van der Waals surface area (Å²) in [6, 6.07) is 3.27. The Balaban J connectivity index is 1.61. The number of carbonyl (C=O) groups is 3. The molecule has 1 saturated heterocycles. The van der Waals surface area contributed by atoms with Crippen LogP contribution in [0.5, 0.6) is 0 Å². The maximum Gasteiger partial charge on any atom is 0.336 e. The van der Waals surface area contributed by atoms with Crippen molar-refractivity contribution in [3.8, 4) is 0 Å². The molecule has 2 saturated carbocycles. The number of carbonyl (C=O) groups excluding carboxylic acids is 3. The number of esters is 2. The Morgan fingerprint density at radius 3 is 2.41 bits per heavy atom. The zero-order valence-corrected chi connectivity index (χ0v) is 24.2. The number of furan rings is 1. The molecule has 11 heteroatoms. The van der Waals surface area contributed by atoms with Crippen LogP contribution in [0.2, 0.25) is 0 Å². The van der Waals surface area contributed by atoms with Crippen LogP contribution in [0.15, 0.2) is 34.0 Å². The topological polar surface area (TPSA) is 173 Å². The number of ketones is 1. The highest BCUT2D eigenvalue weighted by Gasteiger charge is 2.75. The molecule has 10 atom stereocenters. The third-order valence-electron chi connectivity index (χ3n) is 10.6. The van der Waals surface area contributed by atoms with Crippen molar-refractivity contribution in [1.82, 2.24) is 0 Å². The lowest BCUT2D eigenvalue weighted by molar-refractivity contribution is -0.344. The summed E-state index contributed by atoms with van der Waals surface area (Å²) in [6.45, 7) is 9.31. The van der Waals surface area contributed by atoms with Crippen LogP contribution in [0, 0.1) is 16.7 Å². The number of aliphatic hydroxyl groups excluding tert-OH is 2. The zero-order valence-electron chi connectivity index (χ0n) is 24.2. The summed E-state index contributed by atoms with van der Waals surface area (Å²) in [5.41, 5.74) is -5.39. The largest absolute Gasteiger partial charge is 0.469 e. The third kappa shape index (κ3) is 4.15. The molecule has 3 fully saturated rings. The Morgan fingerprint density at radius 2 is 1.85 bits per heavy atom. The number of hydrogen-bond donors (Lipinski definition) is 4. The molecule has 0 aromatic carbocycles. The van der Waals surface area contributed by atoms with Crippen molar-refractivity contribution in [2.45, 2.75) is 108 Å². The Kier molecular flexibility index (Phi) is 7.10. The van der Waals surface area contributed by atoms with E-state index in [2.05, 4.69) is 0 Å². The molecular formula is C30H40O11. The van der Waals surface area contributed by atoms with Crippen molar-refractivity contribution >= 4 is 17.7 Å². The fraction of sp³-hybridized carbons (Fsp3) is 0.700. The van der Waals surface area contributed by atoms with Gasteiger partial charge in [0.25, 0.3) is 0 Å². The number of hydrogen-bond acceptors (Lipinski definition) is 11. The van der Waals surface area contributed by atoms with Gasteiger partial charge in [-0.05, 0) is 31.6 Å². The molecule has 1 aromatic rings. The standard InChI is InChI=1S/C30H40O11/c1-14-17-10-20(32)28(6)21(33)11-22-29(36,13-39-22)24(28)25(40-16(3)31)30(37,27(17,4)5)12-19(14)41-26(35)23(34)15(2)18-8-7-9-38-18/h7-9,15,19,21-25,33-34,36-37H,10-13H2,1-6H3/t15-,19?,21-,22+,23+,24-,25-,28+,29-,30+/m0/s1. The van der Waals surface area contributed by atoms with Crippen molar-refractivity contribution in [1.29, 1.82) is 0 Å². The van der Waals surface area contributed by atoms with Crippen molar-refractivity contribution in [3.63, 3.8) is 0 Å². The number of rotatable bonds is 5. The molecule has 4 aliphatic rings. The Labute approximate surface area is 238 Å². The van der Waals surface area contributed by atoms with Crippen LogP contribution in [-0.4, -0.2) is 86.5 Å². The Hall–Kier alpha value is -2.57. The van der Waals surface area contributed by atoms with Gasteiger partial charge in [0.15, 0.2) is 6.10 Å². The maximum absolute atomic E-state index is 14.2. The first-order valence-corrected chi connectivity index (χ1v) is 14.1. The number of Topliss-reactive ketones (excluding diaryl/α,β-unsaturated/α-hetero) is 1. The minimum atomic E-state index is -1.96. The summed E-state index contributed by atoms with van der Waals surface area (Å²) in [4.78, 5) is 39.9. The Bertz CT molecular complexity index is 1270. The molecule has 1 unspecified atom stereocenters. The molecule has 2 heterocycles. The van der Waals surface area contributed by atoms with Crippen molar-refractivity contribution in [3.05, 3.63) is 35.3 Å². The summed E-state index contributed by atoms with van der Waals surface area (Å²) >= 11 is 0. The highest BCUT2D eigenvalue weighted by molar-refractivity contribution is 5.89. The van der Waals surface area contributed by atoms with E-state index in [4.69, 9.17) is 18.6 Å². The van der Waals surface area contributed by atoms with E-state index < -0.39 is 82.1 Å². The van der Waals surface area contributed by atoms with Crippen LogP contribution >= 0.6 is 0 Å². The highest BCUT2D eigenvalue weighted by Crippen LogP contribution is 2.63. The van der Waals surface area contributed by atoms with E-state index in [-0.39, 0.29) is 25.9 Å². The van der Waals surface area contributed by atoms with Gasteiger partial charge in [0.05, 0.1) is 36.4 Å². The average Bonchev–Trinajstić information content (AvgIpc) is 3.44. The number of aliphatic hydroxyl groups is 4. The SMILES string of the molecule is CC(=O)O[C@H]1[C@@H]2[C@]3(O)CO[C@@H]3C[C@H](O)[C@@]2(C)C(=O)CC2=C(C)C(OC(=O)[C@H](O)[C@@H](C)c3ccco3)C[C@]1(O)C2(C)C. The van der Waals surface area contributed by atoms with Crippen LogP contribution in [0.25, 0.3) is 0 Å². The van der Waals surface area contributed by atoms with E-state index in [1.807, 2.05) is 0 Å². The van der Waals surface area contributed by atoms with E-state index >= 15 is 0 Å². The fourth-order valence-corrected chi connectivity index (χ4v) is 7.74. The van der Waals surface area contributed by atoms with Gasteiger partial charge in [-0.15, -0.1) is 0 Å². The predicted octanol–water partition coefficient (Wildman–Crippen LogP) is 1.55. The molecule has 4 N–H and O–H groups in total. The van der Waals surface area contributed by atoms with Gasteiger partial charge in [-0.3, -0.25) is 9.59 Å². The lowest BCUT2D eigenvalue weighted by Gasteiger charge is -2.66. The summed E-state index contributed by atoms with van der Waals surface area (Å²) in [6.07, 6.45) is -5.20. The van der Waals surface area contributed by atoms with Gasteiger partial charge in [-0.1, -0.05) is 26.3 Å². The normalized spacial score (nSPS) is 41.1. The second kappa shape index (κ2) is 9.74. The Morgan fingerprint density at radius 1 is 1.17 bits per heavy atom. The van der Waals surface area contributed by atoms with Crippen LogP contribution in [0.4, 0.5) is 0 Å². The van der Waals surface area contributed by atoms with Gasteiger partial charge in [-0.25, -0.2) is 4.79 Å². The molecule has 1 aliphatic heterocycles. The van der Waals surface area contributed by atoms with Gasteiger partial charge in [0.1, 0.15) is 35.0 Å². The van der Waals surface area contributed by atoms with E-state index in [1.165, 1.54) is 13.2 Å². The lowest BCUT2D eigenvalue weighted by Crippen LogP contribution is -2.80. The van der Waals surface area contributed by atoms with E-state index in [0.29, 0.717) is 16.9 Å². The van der Waals surface area contributed by atoms with E-state index in [1.54, 1.807) is 46.8 Å². The number of fused-ring (bicyclic) bond motifs is 5. The molecule has 0 radical (unpaired) electrons. The molecule has 2 bridgehead atoms. The summed E-state index contributed by atoms with van der Waals surface area (Å²) in [5, 5.41) is 46.6. The second-order valence-corrected chi connectivity index (χ2v) is 13.0. The smallest absolute Gasteiger partial charge is 0.336 e. The first-order valence-electron chi connectivity index (χ1n) is 14.1. The summed E-state index contributed by atoms with van der Waals surface area (Å²) in [5.74, 6) is -3.65. The first-order chi connectivity index (χ1) is 19.0. The lowest BCUT2D eigenvalue weighted by atomic mass is 9.45. The van der Waals surface area contributed by atoms with Gasteiger partial charge >= 0.3 is 11.9 Å². The van der Waals surface area contributed by atoms with Crippen LogP contribution in [0.3, 0.4) is 0 Å². The molecular weight excluding hydrogens is 536 g/mol. The van der Waals surface area contributed by atoms with Gasteiger partial charge in [0, 0.05) is 37.5 Å². The second-order valence-electron chi connectivity index (χ2n) is 13.0. The maximum atomic E-state index is 14.2. The molecule has 41 heavy (non-hydrogen) atoms. The van der Waals surface area contributed by atoms with E-state index in [9.17, 15) is 34.8 Å². The van der Waals surface area contributed by atoms with Crippen LogP contribution in [0.1, 0.15) is 72.5 Å². The molecule has 1 aromatic heterocycles. The monoisotopic (exact) mass is 576 g/mol.